The summed E-state index contributed by atoms with van der Waals surface area (Å²) in [6.45, 7) is 0.388. The number of carbonyl (C=O) groups is 1. The maximum atomic E-state index is 12.2. The molecule has 1 N–H and O–H groups in total. The topological polar surface area (TPSA) is 49.8 Å². The first kappa shape index (κ1) is 17.8. The van der Waals surface area contributed by atoms with E-state index in [-0.39, 0.29) is 11.7 Å². The van der Waals surface area contributed by atoms with Gasteiger partial charge < -0.3 is 9.84 Å². The van der Waals surface area contributed by atoms with Crippen LogP contribution in [0.2, 0.25) is 5.02 Å². The van der Waals surface area contributed by atoms with Crippen molar-refractivity contribution in [1.29, 1.82) is 0 Å². The van der Waals surface area contributed by atoms with Crippen LogP contribution in [0.1, 0.15) is 17.2 Å². The second kappa shape index (κ2) is 7.81. The van der Waals surface area contributed by atoms with Gasteiger partial charge >= 0.3 is 5.97 Å². The van der Waals surface area contributed by atoms with E-state index in [1.165, 1.54) is 13.2 Å². The van der Waals surface area contributed by atoms with E-state index in [1.807, 2.05) is 36.2 Å². The number of carbonyl (C=O) groups excluding carboxylic acids is 1. The second-order valence-electron chi connectivity index (χ2n) is 5.17. The Hall–Kier alpha value is -1.56. The number of esters is 1. The molecule has 0 aliphatic rings. The number of rotatable bonds is 5. The van der Waals surface area contributed by atoms with Crippen LogP contribution >= 0.6 is 27.5 Å². The zero-order valence-corrected chi connectivity index (χ0v) is 15.1. The van der Waals surface area contributed by atoms with Crippen LogP contribution in [0.25, 0.3) is 0 Å². The van der Waals surface area contributed by atoms with E-state index in [4.69, 9.17) is 16.3 Å². The number of methoxy groups -OCH3 is 1. The maximum Gasteiger partial charge on any atom is 0.327 e. The fourth-order valence-corrected chi connectivity index (χ4v) is 3.00. The van der Waals surface area contributed by atoms with Crippen LogP contribution in [0.3, 0.4) is 0 Å². The average molecular weight is 399 g/mol. The van der Waals surface area contributed by atoms with E-state index < -0.39 is 6.04 Å². The van der Waals surface area contributed by atoms with Crippen LogP contribution in [0.4, 0.5) is 0 Å². The van der Waals surface area contributed by atoms with E-state index in [0.717, 1.165) is 15.6 Å². The van der Waals surface area contributed by atoms with Crippen LogP contribution in [-0.2, 0) is 16.1 Å². The summed E-state index contributed by atoms with van der Waals surface area (Å²) in [5, 5.41) is 10.2. The number of nitrogens with zero attached hydrogens (tertiary/aromatic N) is 1. The normalized spacial score (nSPS) is 12.2. The third kappa shape index (κ3) is 4.47. The molecule has 0 radical (unpaired) electrons. The van der Waals surface area contributed by atoms with Gasteiger partial charge in [0.2, 0.25) is 0 Å². The molecule has 2 aromatic rings. The van der Waals surface area contributed by atoms with Gasteiger partial charge in [0.1, 0.15) is 11.8 Å². The summed E-state index contributed by atoms with van der Waals surface area (Å²) >= 11 is 9.58. The van der Waals surface area contributed by atoms with Crippen LogP contribution in [-0.4, -0.2) is 30.1 Å². The molecule has 0 amide bonds. The fraction of sp³-hybridized carbons (Fsp3) is 0.235. The summed E-state index contributed by atoms with van der Waals surface area (Å²) in [5.41, 5.74) is 1.54. The number of hydrogen-bond donors (Lipinski definition) is 1. The highest BCUT2D eigenvalue weighted by atomic mass is 79.9. The number of benzene rings is 2. The largest absolute Gasteiger partial charge is 0.508 e. The van der Waals surface area contributed by atoms with Gasteiger partial charge in [-0.3, -0.25) is 4.90 Å². The number of hydrogen-bond acceptors (Lipinski definition) is 4. The molecule has 1 atom stereocenters. The minimum atomic E-state index is -0.573. The first-order valence-corrected chi connectivity index (χ1v) is 8.10. The molecule has 6 heteroatoms. The molecule has 0 aliphatic carbocycles. The third-order valence-electron chi connectivity index (χ3n) is 3.48. The SMILES string of the molecule is COC(=O)C(c1cccc(Br)c1)N(C)Cc1cc(O)ccc1Cl. The second-order valence-corrected chi connectivity index (χ2v) is 6.49. The molecule has 0 bridgehead atoms. The summed E-state index contributed by atoms with van der Waals surface area (Å²) in [6.07, 6.45) is 0. The van der Waals surface area contributed by atoms with E-state index in [9.17, 15) is 9.90 Å². The lowest BCUT2D eigenvalue weighted by molar-refractivity contribution is -0.147. The standard InChI is InChI=1S/C17H17BrClNO3/c1-20(10-12-9-14(21)6-7-15(12)19)16(17(22)23-2)11-4-3-5-13(18)8-11/h3-9,16,21H,10H2,1-2H3. The summed E-state index contributed by atoms with van der Waals surface area (Å²) in [7, 11) is 3.17. The molecule has 0 spiro atoms. The maximum absolute atomic E-state index is 12.2. The van der Waals surface area contributed by atoms with Crippen LogP contribution in [0.15, 0.2) is 46.9 Å². The Morgan fingerprint density at radius 3 is 2.74 bits per heavy atom. The fourth-order valence-electron chi connectivity index (χ4n) is 2.40. The van der Waals surface area contributed by atoms with Gasteiger partial charge in [-0.2, -0.15) is 0 Å². The highest BCUT2D eigenvalue weighted by Gasteiger charge is 2.26. The first-order chi connectivity index (χ1) is 10.9. The van der Waals surface area contributed by atoms with Crippen molar-refractivity contribution in [2.75, 3.05) is 14.2 Å². The Morgan fingerprint density at radius 1 is 1.35 bits per heavy atom. The lowest BCUT2D eigenvalue weighted by Gasteiger charge is -2.26. The van der Waals surface area contributed by atoms with Gasteiger partial charge in [-0.25, -0.2) is 4.79 Å². The summed E-state index contributed by atoms with van der Waals surface area (Å²) in [5.74, 6) is -0.225. The van der Waals surface area contributed by atoms with Crippen LogP contribution in [0.5, 0.6) is 5.75 Å². The van der Waals surface area contributed by atoms with Gasteiger partial charge in [0.25, 0.3) is 0 Å². The van der Waals surface area contributed by atoms with Gasteiger partial charge in [-0.05, 0) is 48.5 Å². The number of likely N-dealkylation sites (N-methyl/N-ethyl adjacent to an activating group) is 1. The molecular formula is C17H17BrClNO3. The number of aromatic hydroxyl groups is 1. The Morgan fingerprint density at radius 2 is 2.09 bits per heavy atom. The molecule has 0 aromatic heterocycles. The number of phenolic OH excluding ortho intramolecular Hbond substituents is 1. The van der Waals surface area contributed by atoms with Crippen molar-refractivity contribution in [3.63, 3.8) is 0 Å². The summed E-state index contributed by atoms with van der Waals surface area (Å²) < 4.78 is 5.82. The lowest BCUT2D eigenvalue weighted by atomic mass is 10.0. The Labute approximate surface area is 148 Å². The van der Waals surface area contributed by atoms with Crippen molar-refractivity contribution in [3.05, 3.63) is 63.1 Å². The Bertz CT molecular complexity index is 708. The van der Waals surface area contributed by atoms with Gasteiger partial charge in [-0.15, -0.1) is 0 Å². The molecule has 122 valence electrons. The molecule has 23 heavy (non-hydrogen) atoms. The molecule has 4 nitrogen and oxygen atoms in total. The van der Waals surface area contributed by atoms with Gasteiger partial charge in [0.05, 0.1) is 7.11 Å². The van der Waals surface area contributed by atoms with Crippen LogP contribution < -0.4 is 0 Å². The highest BCUT2D eigenvalue weighted by molar-refractivity contribution is 9.10. The third-order valence-corrected chi connectivity index (χ3v) is 4.34. The van der Waals surface area contributed by atoms with Gasteiger partial charge in [0.15, 0.2) is 0 Å². The van der Waals surface area contributed by atoms with Crippen molar-refractivity contribution in [2.24, 2.45) is 0 Å². The summed E-state index contributed by atoms with van der Waals surface area (Å²) in [4.78, 5) is 14.1. The first-order valence-electron chi connectivity index (χ1n) is 6.93. The van der Waals surface area contributed by atoms with Crippen molar-refractivity contribution in [3.8, 4) is 5.75 Å². The molecule has 0 heterocycles. The molecule has 2 rings (SSSR count). The predicted octanol–water partition coefficient (Wildman–Crippen LogP) is 4.15. The zero-order chi connectivity index (χ0) is 17.0. The molecule has 0 fully saturated rings. The van der Waals surface area contributed by atoms with Gasteiger partial charge in [0, 0.05) is 16.0 Å². The predicted molar refractivity (Wildman–Crippen MR) is 93.5 cm³/mol. The minimum absolute atomic E-state index is 0.134. The van der Waals surface area contributed by atoms with E-state index in [0.29, 0.717) is 11.6 Å². The highest BCUT2D eigenvalue weighted by Crippen LogP contribution is 2.28. The van der Waals surface area contributed by atoms with Crippen molar-refractivity contribution < 1.29 is 14.6 Å². The van der Waals surface area contributed by atoms with E-state index >= 15 is 0 Å². The number of halogens is 2. The van der Waals surface area contributed by atoms with E-state index in [2.05, 4.69) is 15.9 Å². The van der Waals surface area contributed by atoms with Gasteiger partial charge in [-0.1, -0.05) is 39.7 Å². The number of phenols is 1. The molecule has 2 aromatic carbocycles. The minimum Gasteiger partial charge on any atom is -0.508 e. The zero-order valence-electron chi connectivity index (χ0n) is 12.8. The lowest BCUT2D eigenvalue weighted by Crippen LogP contribution is -2.31. The molecule has 0 saturated heterocycles. The quantitative estimate of drug-likeness (QED) is 0.769. The van der Waals surface area contributed by atoms with Crippen LogP contribution in [0, 0.1) is 0 Å². The number of ether oxygens (including phenoxy) is 1. The van der Waals surface area contributed by atoms with Crippen molar-refractivity contribution >= 4 is 33.5 Å². The average Bonchev–Trinajstić information content (AvgIpc) is 2.51. The monoisotopic (exact) mass is 397 g/mol. The Kier molecular flexibility index (Phi) is 6.04. The van der Waals surface area contributed by atoms with Crippen molar-refractivity contribution in [2.45, 2.75) is 12.6 Å². The summed E-state index contributed by atoms with van der Waals surface area (Å²) in [6, 6.07) is 11.7. The smallest absolute Gasteiger partial charge is 0.327 e. The molecule has 1 unspecified atom stereocenters. The molecule has 0 aliphatic heterocycles. The van der Waals surface area contributed by atoms with E-state index in [1.54, 1.807) is 12.1 Å². The Balaban J connectivity index is 2.32. The molecule has 0 saturated carbocycles. The molecular weight excluding hydrogens is 382 g/mol. The van der Waals surface area contributed by atoms with Crippen molar-refractivity contribution in [1.82, 2.24) is 4.90 Å².